The first kappa shape index (κ1) is 12.1. The molecule has 19 heavy (non-hydrogen) atoms. The van der Waals surface area contributed by atoms with E-state index in [0.717, 1.165) is 16.7 Å². The van der Waals surface area contributed by atoms with Gasteiger partial charge in [-0.2, -0.15) is 0 Å². The molecular weight excluding hydrogens is 278 g/mol. The van der Waals surface area contributed by atoms with Gasteiger partial charge in [-0.3, -0.25) is 4.57 Å². The number of benzene rings is 2. The van der Waals surface area contributed by atoms with Crippen LogP contribution in [0.2, 0.25) is 5.02 Å². The minimum absolute atomic E-state index is 0.276. The molecule has 0 saturated heterocycles. The lowest BCUT2D eigenvalue weighted by Crippen LogP contribution is -2.13. The van der Waals surface area contributed by atoms with Crippen LogP contribution in [0.3, 0.4) is 0 Å². The molecule has 3 rings (SSSR count). The number of halogens is 1. The Kier molecular flexibility index (Phi) is 2.97. The van der Waals surface area contributed by atoms with Gasteiger partial charge in [-0.25, -0.2) is 4.98 Å². The van der Waals surface area contributed by atoms with Crippen molar-refractivity contribution in [3.63, 3.8) is 0 Å². The predicted octanol–water partition coefficient (Wildman–Crippen LogP) is 3.31. The molecular formula is C14H10ClN3S. The van der Waals surface area contributed by atoms with Gasteiger partial charge in [-0.05, 0) is 24.3 Å². The monoisotopic (exact) mass is 287 g/mol. The van der Waals surface area contributed by atoms with E-state index in [1.165, 1.54) is 0 Å². The van der Waals surface area contributed by atoms with Crippen molar-refractivity contribution in [2.75, 3.05) is 0 Å². The molecule has 0 aliphatic heterocycles. The predicted molar refractivity (Wildman–Crippen MR) is 82.0 cm³/mol. The fourth-order valence-electron chi connectivity index (χ4n) is 2.11. The van der Waals surface area contributed by atoms with Crippen molar-refractivity contribution in [3.05, 3.63) is 59.4 Å². The number of nitrogens with zero attached hydrogens (tertiary/aromatic N) is 2. The quantitative estimate of drug-likeness (QED) is 0.736. The zero-order chi connectivity index (χ0) is 13.4. The maximum Gasteiger partial charge on any atom is 0.107 e. The van der Waals surface area contributed by atoms with Crippen molar-refractivity contribution < 1.29 is 0 Å². The third-order valence-corrected chi connectivity index (χ3v) is 3.47. The largest absolute Gasteiger partial charge is 0.389 e. The van der Waals surface area contributed by atoms with Crippen LogP contribution >= 0.6 is 23.8 Å². The van der Waals surface area contributed by atoms with Gasteiger partial charge >= 0.3 is 0 Å². The van der Waals surface area contributed by atoms with Crippen molar-refractivity contribution in [2.45, 2.75) is 0 Å². The van der Waals surface area contributed by atoms with Crippen LogP contribution in [0.25, 0.3) is 16.7 Å². The Labute approximate surface area is 120 Å². The number of hydrogen-bond acceptors (Lipinski definition) is 2. The summed E-state index contributed by atoms with van der Waals surface area (Å²) in [5.41, 5.74) is 9.19. The summed E-state index contributed by atoms with van der Waals surface area (Å²) in [6, 6.07) is 13.4. The van der Waals surface area contributed by atoms with E-state index in [4.69, 9.17) is 29.6 Å². The van der Waals surface area contributed by atoms with E-state index >= 15 is 0 Å². The smallest absolute Gasteiger partial charge is 0.107 e. The van der Waals surface area contributed by atoms with Crippen molar-refractivity contribution in [1.29, 1.82) is 0 Å². The van der Waals surface area contributed by atoms with Crippen LogP contribution < -0.4 is 5.73 Å². The van der Waals surface area contributed by atoms with Crippen LogP contribution in [0.1, 0.15) is 5.56 Å². The Balaban J connectivity index is 2.33. The van der Waals surface area contributed by atoms with Crippen molar-refractivity contribution in [1.82, 2.24) is 9.55 Å². The molecule has 3 nitrogen and oxygen atoms in total. The highest BCUT2D eigenvalue weighted by atomic mass is 35.5. The Hall–Kier alpha value is -1.91. The summed E-state index contributed by atoms with van der Waals surface area (Å²) in [4.78, 5) is 4.64. The average molecular weight is 288 g/mol. The van der Waals surface area contributed by atoms with E-state index in [-0.39, 0.29) is 4.99 Å². The highest BCUT2D eigenvalue weighted by Gasteiger charge is 2.13. The normalized spacial score (nSPS) is 10.8. The van der Waals surface area contributed by atoms with Crippen LogP contribution in [0.4, 0.5) is 0 Å². The number of rotatable bonds is 2. The van der Waals surface area contributed by atoms with Gasteiger partial charge in [0, 0.05) is 0 Å². The zero-order valence-corrected chi connectivity index (χ0v) is 11.4. The number of hydrogen-bond donors (Lipinski definition) is 1. The van der Waals surface area contributed by atoms with Gasteiger partial charge in [0.1, 0.15) is 11.3 Å². The van der Waals surface area contributed by atoms with Gasteiger partial charge in [0.15, 0.2) is 0 Å². The summed E-state index contributed by atoms with van der Waals surface area (Å²) in [5, 5.41) is 0.544. The maximum atomic E-state index is 6.19. The number of fused-ring (bicyclic) bond motifs is 1. The first-order valence-electron chi connectivity index (χ1n) is 5.69. The van der Waals surface area contributed by atoms with E-state index in [1.54, 1.807) is 12.4 Å². The maximum absolute atomic E-state index is 6.19. The zero-order valence-electron chi connectivity index (χ0n) is 9.88. The van der Waals surface area contributed by atoms with Crippen LogP contribution in [0.15, 0.2) is 48.8 Å². The number of aromatic nitrogens is 2. The third-order valence-electron chi connectivity index (χ3n) is 2.95. The summed E-state index contributed by atoms with van der Waals surface area (Å²) < 4.78 is 1.94. The van der Waals surface area contributed by atoms with Gasteiger partial charge in [0.2, 0.25) is 0 Å². The lowest BCUT2D eigenvalue weighted by molar-refractivity contribution is 1.09. The van der Waals surface area contributed by atoms with Crippen molar-refractivity contribution >= 4 is 39.8 Å². The molecule has 0 spiro atoms. The van der Waals surface area contributed by atoms with Crippen molar-refractivity contribution in [3.8, 4) is 5.69 Å². The average Bonchev–Trinajstić information content (AvgIpc) is 2.81. The molecule has 0 atom stereocenters. The fraction of sp³-hybridized carbons (Fsp3) is 0. The number of nitrogens with two attached hydrogens (primary N) is 1. The molecule has 1 heterocycles. The Morgan fingerprint density at radius 1 is 1.16 bits per heavy atom. The van der Waals surface area contributed by atoms with Crippen LogP contribution in [0, 0.1) is 0 Å². The van der Waals surface area contributed by atoms with Crippen LogP contribution in [-0.2, 0) is 0 Å². The molecule has 0 saturated carbocycles. The standard InChI is InChI=1S/C14H10ClN3S/c15-9-4-3-7-12(13(9)14(16)19)18-8-17-10-5-1-2-6-11(10)18/h1-8H,(H2,16,19). The first-order valence-corrected chi connectivity index (χ1v) is 6.48. The summed E-state index contributed by atoms with van der Waals surface area (Å²) in [7, 11) is 0. The number of imidazole rings is 1. The Morgan fingerprint density at radius 3 is 2.74 bits per heavy atom. The molecule has 1 aromatic heterocycles. The van der Waals surface area contributed by atoms with Gasteiger partial charge in [-0.1, -0.05) is 42.0 Å². The second kappa shape index (κ2) is 4.64. The molecule has 2 aromatic carbocycles. The highest BCUT2D eigenvalue weighted by molar-refractivity contribution is 7.80. The molecule has 0 amide bonds. The van der Waals surface area contributed by atoms with Gasteiger partial charge in [0.25, 0.3) is 0 Å². The summed E-state index contributed by atoms with van der Waals surface area (Å²) in [5.74, 6) is 0. The molecule has 0 unspecified atom stereocenters. The van der Waals surface area contributed by atoms with E-state index in [1.807, 2.05) is 41.0 Å². The number of thiocarbonyl (C=S) groups is 1. The van der Waals surface area contributed by atoms with E-state index in [9.17, 15) is 0 Å². The lowest BCUT2D eigenvalue weighted by atomic mass is 10.1. The molecule has 2 N–H and O–H groups in total. The molecule has 0 aliphatic rings. The lowest BCUT2D eigenvalue weighted by Gasteiger charge is -2.11. The van der Waals surface area contributed by atoms with Gasteiger partial charge in [-0.15, -0.1) is 0 Å². The third kappa shape index (κ3) is 1.99. The molecule has 5 heteroatoms. The van der Waals surface area contributed by atoms with Gasteiger partial charge in [0.05, 0.1) is 27.3 Å². The molecule has 0 aliphatic carbocycles. The highest BCUT2D eigenvalue weighted by Crippen LogP contribution is 2.26. The summed E-state index contributed by atoms with van der Waals surface area (Å²) in [6.45, 7) is 0. The summed E-state index contributed by atoms with van der Waals surface area (Å²) >= 11 is 11.3. The molecule has 3 aromatic rings. The van der Waals surface area contributed by atoms with E-state index < -0.39 is 0 Å². The Morgan fingerprint density at radius 2 is 1.95 bits per heavy atom. The molecule has 94 valence electrons. The second-order valence-corrected chi connectivity index (χ2v) is 4.95. The Bertz CT molecular complexity index is 779. The van der Waals surface area contributed by atoms with E-state index in [2.05, 4.69) is 4.98 Å². The topological polar surface area (TPSA) is 43.8 Å². The SMILES string of the molecule is NC(=S)c1c(Cl)cccc1-n1cnc2ccccc21. The van der Waals surface area contributed by atoms with Crippen LogP contribution in [0.5, 0.6) is 0 Å². The fourth-order valence-corrected chi connectivity index (χ4v) is 2.65. The minimum atomic E-state index is 0.276. The first-order chi connectivity index (χ1) is 9.18. The number of para-hydroxylation sites is 2. The van der Waals surface area contributed by atoms with Crippen LogP contribution in [-0.4, -0.2) is 14.5 Å². The molecule has 0 radical (unpaired) electrons. The summed E-state index contributed by atoms with van der Waals surface area (Å²) in [6.07, 6.45) is 1.75. The second-order valence-electron chi connectivity index (χ2n) is 4.10. The molecule has 0 bridgehead atoms. The minimum Gasteiger partial charge on any atom is -0.389 e. The van der Waals surface area contributed by atoms with E-state index in [0.29, 0.717) is 10.6 Å². The molecule has 0 fully saturated rings. The van der Waals surface area contributed by atoms with Crippen molar-refractivity contribution in [2.24, 2.45) is 5.73 Å². The van der Waals surface area contributed by atoms with Gasteiger partial charge < -0.3 is 5.73 Å².